The Morgan fingerprint density at radius 3 is 2.11 bits per heavy atom. The molecule has 0 bridgehead atoms. The van der Waals surface area contributed by atoms with Crippen molar-refractivity contribution in [2.75, 3.05) is 0 Å². The summed E-state index contributed by atoms with van der Waals surface area (Å²) in [5.41, 5.74) is 0. The number of hydrogen-bond donors (Lipinski definition) is 1. The number of carbonyl (C=O) groups is 1. The Labute approximate surface area is 122 Å². The van der Waals surface area contributed by atoms with Crippen LogP contribution in [0.1, 0.15) is 51.4 Å². The maximum atomic E-state index is 10.9. The van der Waals surface area contributed by atoms with Gasteiger partial charge in [0, 0.05) is 25.9 Å². The Kier molecular flexibility index (Phi) is 13.2. The summed E-state index contributed by atoms with van der Waals surface area (Å²) < 4.78 is 32.4. The summed E-state index contributed by atoms with van der Waals surface area (Å²) in [6, 6.07) is 0. The Bertz CT molecular complexity index is 326. The Balaban J connectivity index is 0. The van der Waals surface area contributed by atoms with Crippen molar-refractivity contribution in [1.82, 2.24) is 0 Å². The molecule has 0 saturated carbocycles. The average Bonchev–Trinajstić information content (AvgIpc) is 2.19. The molecule has 5 nitrogen and oxygen atoms in total. The number of rotatable bonds is 10. The molecule has 0 saturated heterocycles. The van der Waals surface area contributed by atoms with Crippen LogP contribution in [0.2, 0.25) is 0 Å². The van der Waals surface area contributed by atoms with Gasteiger partial charge in [0.1, 0.15) is 0 Å². The van der Waals surface area contributed by atoms with Crippen LogP contribution in [-0.2, 0) is 38.9 Å². The molecule has 0 heterocycles. The van der Waals surface area contributed by atoms with Crippen molar-refractivity contribution in [2.24, 2.45) is 0 Å². The third kappa shape index (κ3) is 15.7. The van der Waals surface area contributed by atoms with E-state index in [1.807, 2.05) is 6.08 Å². The number of carbonyl (C=O) groups excluding carboxylic acids is 1. The van der Waals surface area contributed by atoms with Crippen LogP contribution < -0.4 is 0 Å². The molecule has 0 aromatic carbocycles. The van der Waals surface area contributed by atoms with Crippen molar-refractivity contribution >= 4 is 16.4 Å². The second-order valence-corrected chi connectivity index (χ2v) is 4.85. The van der Waals surface area contributed by atoms with Crippen LogP contribution in [0, 0.1) is 0 Å². The molecule has 0 aliphatic carbocycles. The zero-order valence-corrected chi connectivity index (χ0v) is 14.4. The molecule has 1 N–H and O–H groups in total. The summed E-state index contributed by atoms with van der Waals surface area (Å²) in [5.74, 6) is -0.904. The van der Waals surface area contributed by atoms with E-state index < -0.39 is 16.4 Å². The van der Waals surface area contributed by atoms with Gasteiger partial charge in [-0.2, -0.15) is 8.42 Å². The monoisotopic (exact) mass is 328 g/mol. The minimum absolute atomic E-state index is 0. The van der Waals surface area contributed by atoms with Crippen molar-refractivity contribution in [3.63, 3.8) is 0 Å². The van der Waals surface area contributed by atoms with E-state index in [-0.39, 0.29) is 25.9 Å². The Morgan fingerprint density at radius 1 is 1.11 bits per heavy atom. The van der Waals surface area contributed by atoms with Crippen molar-refractivity contribution in [3.8, 4) is 0 Å². The second kappa shape index (κ2) is 11.8. The minimum Gasteiger partial charge on any atom is -0.325 e. The van der Waals surface area contributed by atoms with E-state index in [0.29, 0.717) is 6.42 Å². The van der Waals surface area contributed by atoms with Gasteiger partial charge in [-0.05, 0) is 19.3 Å². The zero-order valence-electron chi connectivity index (χ0n) is 10.6. The summed E-state index contributed by atoms with van der Waals surface area (Å²) in [6.07, 6.45) is 8.76. The molecule has 0 fully saturated rings. The molecule has 0 rings (SSSR count). The number of unbranched alkanes of at least 4 members (excludes halogenated alkanes) is 6. The quantitative estimate of drug-likeness (QED) is 0.288. The molecule has 0 atom stereocenters. The number of hydrogen-bond acceptors (Lipinski definition) is 4. The molecule has 7 heteroatoms. The van der Waals surface area contributed by atoms with E-state index >= 15 is 0 Å². The van der Waals surface area contributed by atoms with Crippen LogP contribution in [-0.4, -0.2) is 18.9 Å². The predicted molar refractivity (Wildman–Crippen MR) is 64.8 cm³/mol. The van der Waals surface area contributed by atoms with E-state index in [1.54, 1.807) is 0 Å². The fraction of sp³-hybridized carbons (Fsp3) is 0.727. The molecule has 0 aromatic heterocycles. The van der Waals surface area contributed by atoms with Crippen molar-refractivity contribution in [3.05, 3.63) is 12.7 Å². The van der Waals surface area contributed by atoms with E-state index in [1.165, 1.54) is 0 Å². The molecule has 0 radical (unpaired) electrons. The normalized spacial score (nSPS) is 10.5. The van der Waals surface area contributed by atoms with Gasteiger partial charge in [0.15, 0.2) is 0 Å². The van der Waals surface area contributed by atoms with Crippen LogP contribution in [0.5, 0.6) is 0 Å². The van der Waals surface area contributed by atoms with E-state index in [0.717, 1.165) is 38.5 Å². The van der Waals surface area contributed by atoms with Gasteiger partial charge >= 0.3 is 16.4 Å². The van der Waals surface area contributed by atoms with E-state index in [2.05, 4.69) is 10.8 Å². The molecule has 0 aromatic rings. The first-order valence-corrected chi connectivity index (χ1v) is 7.13. The summed E-state index contributed by atoms with van der Waals surface area (Å²) in [6.45, 7) is 3.64. The van der Waals surface area contributed by atoms with Gasteiger partial charge in [0.25, 0.3) is 0 Å². The van der Waals surface area contributed by atoms with Crippen LogP contribution in [0.3, 0.4) is 0 Å². The first-order chi connectivity index (χ1) is 7.95. The summed E-state index contributed by atoms with van der Waals surface area (Å²) >= 11 is 0. The summed E-state index contributed by atoms with van der Waals surface area (Å²) in [4.78, 5) is 10.9. The molecular formula is C11H20O5SZn. The van der Waals surface area contributed by atoms with Gasteiger partial charge < -0.3 is 4.18 Å². The van der Waals surface area contributed by atoms with Gasteiger partial charge in [-0.1, -0.05) is 31.8 Å². The SMILES string of the molecule is C=CCCCCCCCCC(=O)OS(=O)(=O)O.[Zn]. The van der Waals surface area contributed by atoms with Gasteiger partial charge in [-0.3, -0.25) is 9.35 Å². The number of allylic oxidation sites excluding steroid dienone is 1. The Hall–Kier alpha value is -0.257. The fourth-order valence-electron chi connectivity index (χ4n) is 1.42. The molecule has 0 unspecified atom stereocenters. The van der Waals surface area contributed by atoms with Crippen LogP contribution in [0.15, 0.2) is 12.7 Å². The molecular weight excluding hydrogens is 310 g/mol. The molecule has 0 aliphatic rings. The molecule has 0 spiro atoms. The molecule has 102 valence electrons. The van der Waals surface area contributed by atoms with Gasteiger partial charge in [0.05, 0.1) is 0 Å². The van der Waals surface area contributed by atoms with Crippen LogP contribution in [0.25, 0.3) is 0 Å². The van der Waals surface area contributed by atoms with Crippen molar-refractivity contribution in [2.45, 2.75) is 51.4 Å². The third-order valence-electron chi connectivity index (χ3n) is 2.24. The minimum atomic E-state index is -4.64. The smallest absolute Gasteiger partial charge is 0.325 e. The average molecular weight is 330 g/mol. The largest absolute Gasteiger partial charge is 0.448 e. The van der Waals surface area contributed by atoms with Crippen molar-refractivity contribution < 1.29 is 41.4 Å². The van der Waals surface area contributed by atoms with Gasteiger partial charge in [-0.25, -0.2) is 0 Å². The van der Waals surface area contributed by atoms with Gasteiger partial charge in [0.2, 0.25) is 0 Å². The maximum Gasteiger partial charge on any atom is 0.448 e. The topological polar surface area (TPSA) is 80.7 Å². The van der Waals surface area contributed by atoms with Crippen LogP contribution >= 0.6 is 0 Å². The van der Waals surface area contributed by atoms with E-state index in [4.69, 9.17) is 4.55 Å². The molecule has 0 amide bonds. The third-order valence-corrected chi connectivity index (χ3v) is 2.63. The first kappa shape index (κ1) is 20.1. The molecule has 0 aliphatic heterocycles. The maximum absolute atomic E-state index is 10.9. The first-order valence-electron chi connectivity index (χ1n) is 5.76. The molecule has 18 heavy (non-hydrogen) atoms. The zero-order chi connectivity index (χ0) is 13.1. The summed E-state index contributed by atoms with van der Waals surface area (Å²) in [7, 11) is -4.64. The van der Waals surface area contributed by atoms with E-state index in [9.17, 15) is 13.2 Å². The van der Waals surface area contributed by atoms with Crippen LogP contribution in [0.4, 0.5) is 0 Å². The summed E-state index contributed by atoms with van der Waals surface area (Å²) in [5, 5.41) is 0. The fourth-order valence-corrected chi connectivity index (χ4v) is 1.74. The Morgan fingerprint density at radius 2 is 1.61 bits per heavy atom. The predicted octanol–water partition coefficient (Wildman–Crippen LogP) is 2.64. The standard InChI is InChI=1S/C11H20O5S.Zn/c1-2-3-4-5-6-7-8-9-10-11(12)16-17(13,14)15;/h2H,1,3-10H2,(H,13,14,15);. The second-order valence-electron chi connectivity index (χ2n) is 3.83. The van der Waals surface area contributed by atoms with Crippen molar-refractivity contribution in [1.29, 1.82) is 0 Å². The van der Waals surface area contributed by atoms with Gasteiger partial charge in [-0.15, -0.1) is 6.58 Å².